The molecule has 5 nitrogen and oxygen atoms in total. The number of hydrogen-bond acceptors (Lipinski definition) is 3. The van der Waals surface area contributed by atoms with Crippen LogP contribution in [0.15, 0.2) is 30.3 Å². The lowest BCUT2D eigenvalue weighted by Crippen LogP contribution is -2.48. The van der Waals surface area contributed by atoms with E-state index < -0.39 is 5.97 Å². The maximum absolute atomic E-state index is 12.3. The van der Waals surface area contributed by atoms with Gasteiger partial charge in [-0.3, -0.25) is 4.79 Å². The maximum Gasteiger partial charge on any atom is 0.410 e. The quantitative estimate of drug-likeness (QED) is 0.928. The Morgan fingerprint density at radius 2 is 1.91 bits per heavy atom. The van der Waals surface area contributed by atoms with E-state index in [0.717, 1.165) is 18.4 Å². The van der Waals surface area contributed by atoms with Gasteiger partial charge in [-0.05, 0) is 37.2 Å². The Balaban J connectivity index is 1.60. The number of nitrogens with zero attached hydrogens (tertiary/aromatic N) is 1. The predicted octanol–water partition coefficient (Wildman–Crippen LogP) is 2.90. The van der Waals surface area contributed by atoms with Gasteiger partial charge in [-0.25, -0.2) is 4.79 Å². The molecule has 1 aliphatic carbocycles. The summed E-state index contributed by atoms with van der Waals surface area (Å²) in [5, 5.41) is 9.20. The normalized spacial score (nSPS) is 24.8. The Kier molecular flexibility index (Phi) is 4.32. The van der Waals surface area contributed by atoms with Crippen LogP contribution >= 0.6 is 0 Å². The predicted molar refractivity (Wildman–Crippen MR) is 80.2 cm³/mol. The van der Waals surface area contributed by atoms with Gasteiger partial charge >= 0.3 is 12.1 Å². The van der Waals surface area contributed by atoms with E-state index in [1.54, 1.807) is 4.90 Å². The molecular weight excluding hydrogens is 282 g/mol. The highest BCUT2D eigenvalue weighted by Gasteiger charge is 2.43. The zero-order valence-electron chi connectivity index (χ0n) is 12.5. The second-order valence-electron chi connectivity index (χ2n) is 6.20. The van der Waals surface area contributed by atoms with Gasteiger partial charge in [-0.1, -0.05) is 30.3 Å². The summed E-state index contributed by atoms with van der Waals surface area (Å²) in [6.07, 6.45) is 2.92. The molecule has 1 saturated heterocycles. The van der Waals surface area contributed by atoms with E-state index in [0.29, 0.717) is 25.3 Å². The first-order valence-electron chi connectivity index (χ1n) is 7.85. The summed E-state index contributed by atoms with van der Waals surface area (Å²) in [6.45, 7) is 0.738. The Bertz CT molecular complexity index is 541. The minimum atomic E-state index is -0.747. The molecule has 0 bridgehead atoms. The van der Waals surface area contributed by atoms with E-state index in [4.69, 9.17) is 4.74 Å². The van der Waals surface area contributed by atoms with E-state index in [9.17, 15) is 14.7 Å². The summed E-state index contributed by atoms with van der Waals surface area (Å²) in [6, 6.07) is 9.61. The molecular formula is C17H21NO4. The summed E-state index contributed by atoms with van der Waals surface area (Å²) in [4.78, 5) is 25.3. The molecule has 1 aliphatic heterocycles. The van der Waals surface area contributed by atoms with Crippen molar-refractivity contribution in [3.05, 3.63) is 35.9 Å². The molecule has 2 unspecified atom stereocenters. The number of likely N-dealkylation sites (tertiary alicyclic amines) is 1. The van der Waals surface area contributed by atoms with Gasteiger partial charge in [0, 0.05) is 12.6 Å². The van der Waals surface area contributed by atoms with Gasteiger partial charge in [-0.2, -0.15) is 0 Å². The molecule has 1 N–H and O–H groups in total. The van der Waals surface area contributed by atoms with Gasteiger partial charge in [0.2, 0.25) is 0 Å². The van der Waals surface area contributed by atoms with E-state index in [1.807, 2.05) is 30.3 Å². The van der Waals surface area contributed by atoms with Crippen LogP contribution in [0.3, 0.4) is 0 Å². The number of piperidine rings is 1. The highest BCUT2D eigenvalue weighted by Crippen LogP contribution is 2.41. The Morgan fingerprint density at radius 1 is 1.18 bits per heavy atom. The van der Waals surface area contributed by atoms with E-state index in [-0.39, 0.29) is 24.7 Å². The Morgan fingerprint density at radius 3 is 2.55 bits per heavy atom. The number of carboxylic acid groups (broad SMARTS) is 1. The van der Waals surface area contributed by atoms with Crippen molar-refractivity contribution in [2.45, 2.75) is 38.3 Å². The van der Waals surface area contributed by atoms with Crippen molar-refractivity contribution in [1.29, 1.82) is 0 Å². The second-order valence-corrected chi connectivity index (χ2v) is 6.20. The van der Waals surface area contributed by atoms with Crippen LogP contribution in [0.5, 0.6) is 0 Å². The zero-order valence-corrected chi connectivity index (χ0v) is 12.5. The molecule has 1 aromatic carbocycles. The number of amides is 1. The van der Waals surface area contributed by atoms with Gasteiger partial charge in [0.1, 0.15) is 6.61 Å². The minimum Gasteiger partial charge on any atom is -0.481 e. The number of carbonyl (C=O) groups is 2. The van der Waals surface area contributed by atoms with Crippen LogP contribution in [0.1, 0.15) is 31.2 Å². The lowest BCUT2D eigenvalue weighted by Gasteiger charge is -2.37. The summed E-state index contributed by atoms with van der Waals surface area (Å²) in [5.74, 6) is -0.627. The number of carbonyl (C=O) groups excluding carboxylic acids is 1. The number of rotatable bonds is 4. The maximum atomic E-state index is 12.3. The molecule has 118 valence electrons. The topological polar surface area (TPSA) is 66.8 Å². The average molecular weight is 303 g/mol. The van der Waals surface area contributed by atoms with Gasteiger partial charge in [0.15, 0.2) is 0 Å². The first-order chi connectivity index (χ1) is 10.6. The lowest BCUT2D eigenvalue weighted by molar-refractivity contribution is -0.144. The monoisotopic (exact) mass is 303 g/mol. The van der Waals surface area contributed by atoms with Crippen LogP contribution in [0.25, 0.3) is 0 Å². The zero-order chi connectivity index (χ0) is 15.5. The molecule has 22 heavy (non-hydrogen) atoms. The number of aliphatic carboxylic acids is 1. The molecule has 3 rings (SSSR count). The highest BCUT2D eigenvalue weighted by molar-refractivity contribution is 5.72. The third kappa shape index (κ3) is 3.40. The summed E-state index contributed by atoms with van der Waals surface area (Å²) < 4.78 is 5.41. The van der Waals surface area contributed by atoms with Crippen LogP contribution in [0.4, 0.5) is 4.79 Å². The van der Waals surface area contributed by atoms with Crippen molar-refractivity contribution in [3.8, 4) is 0 Å². The molecule has 0 spiro atoms. The highest BCUT2D eigenvalue weighted by atomic mass is 16.6. The van der Waals surface area contributed by atoms with Gasteiger partial charge in [0.05, 0.1) is 5.92 Å². The fourth-order valence-electron chi connectivity index (χ4n) is 3.18. The molecule has 1 aromatic rings. The van der Waals surface area contributed by atoms with Gasteiger partial charge in [-0.15, -0.1) is 0 Å². The van der Waals surface area contributed by atoms with Gasteiger partial charge < -0.3 is 14.7 Å². The number of carboxylic acids is 1. The number of benzene rings is 1. The first kappa shape index (κ1) is 14.9. The van der Waals surface area contributed by atoms with Crippen LogP contribution in [-0.4, -0.2) is 34.7 Å². The molecule has 0 radical (unpaired) electrons. The third-order valence-electron chi connectivity index (χ3n) is 4.60. The molecule has 0 aromatic heterocycles. The van der Waals surface area contributed by atoms with Crippen molar-refractivity contribution < 1.29 is 19.4 Å². The minimum absolute atomic E-state index is 0.0260. The standard InChI is InChI=1S/C17H21NO4/c19-16(20)14-8-9-18(15(10-14)13-6-7-13)17(21)22-11-12-4-2-1-3-5-12/h1-5,13-15H,6-11H2,(H,19,20). The SMILES string of the molecule is O=C(O)C1CCN(C(=O)OCc2ccccc2)C(C2CC2)C1. The van der Waals surface area contributed by atoms with E-state index in [1.165, 1.54) is 0 Å². The van der Waals surface area contributed by atoms with Crippen LogP contribution < -0.4 is 0 Å². The Hall–Kier alpha value is -2.04. The summed E-state index contributed by atoms with van der Waals surface area (Å²) >= 11 is 0. The first-order valence-corrected chi connectivity index (χ1v) is 7.85. The molecule has 2 aliphatic rings. The third-order valence-corrected chi connectivity index (χ3v) is 4.60. The van der Waals surface area contributed by atoms with Crippen LogP contribution in [0, 0.1) is 11.8 Å². The largest absolute Gasteiger partial charge is 0.481 e. The number of ether oxygens (including phenoxy) is 1. The van der Waals surface area contributed by atoms with Crippen molar-refractivity contribution >= 4 is 12.1 Å². The van der Waals surface area contributed by atoms with E-state index in [2.05, 4.69) is 0 Å². The fraction of sp³-hybridized carbons (Fsp3) is 0.529. The molecule has 2 fully saturated rings. The van der Waals surface area contributed by atoms with Crippen LogP contribution in [-0.2, 0) is 16.1 Å². The van der Waals surface area contributed by atoms with Crippen molar-refractivity contribution in [1.82, 2.24) is 4.90 Å². The van der Waals surface area contributed by atoms with Crippen molar-refractivity contribution in [2.75, 3.05) is 6.54 Å². The molecule has 1 saturated carbocycles. The van der Waals surface area contributed by atoms with Crippen LogP contribution in [0.2, 0.25) is 0 Å². The van der Waals surface area contributed by atoms with Crippen molar-refractivity contribution in [2.24, 2.45) is 11.8 Å². The fourth-order valence-corrected chi connectivity index (χ4v) is 3.18. The summed E-state index contributed by atoms with van der Waals surface area (Å²) in [7, 11) is 0. The lowest BCUT2D eigenvalue weighted by atomic mass is 9.89. The average Bonchev–Trinajstić information content (AvgIpc) is 3.38. The van der Waals surface area contributed by atoms with Gasteiger partial charge in [0.25, 0.3) is 0 Å². The molecule has 1 amide bonds. The molecule has 1 heterocycles. The molecule has 5 heteroatoms. The Labute approximate surface area is 129 Å². The number of hydrogen-bond donors (Lipinski definition) is 1. The molecule has 2 atom stereocenters. The van der Waals surface area contributed by atoms with Crippen molar-refractivity contribution in [3.63, 3.8) is 0 Å². The summed E-state index contributed by atoms with van der Waals surface area (Å²) in [5.41, 5.74) is 0.958. The smallest absolute Gasteiger partial charge is 0.410 e. The van der Waals surface area contributed by atoms with E-state index >= 15 is 0 Å². The second kappa shape index (κ2) is 6.38.